The van der Waals surface area contributed by atoms with Gasteiger partial charge in [-0.25, -0.2) is 0 Å². The molecule has 1 aliphatic heterocycles. The lowest BCUT2D eigenvalue weighted by Crippen LogP contribution is -2.26. The number of carbonyl (C=O) groups is 1. The summed E-state index contributed by atoms with van der Waals surface area (Å²) >= 11 is 11.7. The number of Topliss-reactive ketones (excluding diaryl/α,β-unsaturated/α-hetero) is 1. The maximum atomic E-state index is 12.0. The zero-order valence-corrected chi connectivity index (χ0v) is 10.9. The number of hydrogen-bond acceptors (Lipinski definition) is 2. The largest absolute Gasteiger partial charge is 0.381 e. The van der Waals surface area contributed by atoms with E-state index in [2.05, 4.69) is 0 Å². The molecule has 1 aromatic carbocycles. The summed E-state index contributed by atoms with van der Waals surface area (Å²) in [7, 11) is 0. The van der Waals surface area contributed by atoms with Crippen LogP contribution >= 0.6 is 23.2 Å². The van der Waals surface area contributed by atoms with Crippen LogP contribution in [0.5, 0.6) is 0 Å². The lowest BCUT2D eigenvalue weighted by atomic mass is 9.93. The Hall–Kier alpha value is -0.570. The van der Waals surface area contributed by atoms with E-state index in [9.17, 15) is 4.79 Å². The van der Waals surface area contributed by atoms with Gasteiger partial charge in [0.2, 0.25) is 0 Å². The van der Waals surface area contributed by atoms with E-state index in [-0.39, 0.29) is 11.7 Å². The minimum Gasteiger partial charge on any atom is -0.381 e. The van der Waals surface area contributed by atoms with Crippen molar-refractivity contribution >= 4 is 29.0 Å². The van der Waals surface area contributed by atoms with E-state index >= 15 is 0 Å². The second-order valence-corrected chi connectivity index (χ2v) is 5.12. The van der Waals surface area contributed by atoms with Crippen molar-refractivity contribution in [3.63, 3.8) is 0 Å². The Kier molecular flexibility index (Phi) is 4.43. The average Bonchev–Trinajstić information content (AvgIpc) is 2.35. The van der Waals surface area contributed by atoms with Crippen LogP contribution in [0.4, 0.5) is 0 Å². The van der Waals surface area contributed by atoms with Crippen LogP contribution in [0.1, 0.15) is 18.4 Å². The molecule has 1 unspecified atom stereocenters. The number of hydrogen-bond donors (Lipinski definition) is 0. The van der Waals surface area contributed by atoms with Crippen LogP contribution < -0.4 is 0 Å². The fourth-order valence-corrected chi connectivity index (χ4v) is 2.31. The molecule has 1 aromatic rings. The normalized spacial score (nSPS) is 20.2. The number of carbonyl (C=O) groups excluding carboxylic acids is 1. The Morgan fingerprint density at radius 1 is 1.35 bits per heavy atom. The SMILES string of the molecule is O=C(Cc1ccc(Cl)c(Cl)c1)C1CCCOC1. The molecule has 1 saturated heterocycles. The van der Waals surface area contributed by atoms with Gasteiger partial charge in [0.1, 0.15) is 5.78 Å². The molecular formula is C13H14Cl2O2. The van der Waals surface area contributed by atoms with Gasteiger partial charge in [0.25, 0.3) is 0 Å². The molecule has 0 bridgehead atoms. The zero-order chi connectivity index (χ0) is 12.3. The highest BCUT2D eigenvalue weighted by atomic mass is 35.5. The third-order valence-corrected chi connectivity index (χ3v) is 3.72. The van der Waals surface area contributed by atoms with Crippen molar-refractivity contribution in [2.24, 2.45) is 5.92 Å². The molecule has 0 amide bonds. The molecular weight excluding hydrogens is 259 g/mol. The topological polar surface area (TPSA) is 26.3 Å². The van der Waals surface area contributed by atoms with E-state index in [1.807, 2.05) is 6.07 Å². The van der Waals surface area contributed by atoms with Gasteiger partial charge in [-0.05, 0) is 30.5 Å². The quantitative estimate of drug-likeness (QED) is 0.842. The highest BCUT2D eigenvalue weighted by Gasteiger charge is 2.21. The van der Waals surface area contributed by atoms with Crippen LogP contribution in [0.3, 0.4) is 0 Å². The first-order valence-electron chi connectivity index (χ1n) is 5.71. The second-order valence-electron chi connectivity index (χ2n) is 4.31. The molecule has 4 heteroatoms. The molecule has 0 spiro atoms. The summed E-state index contributed by atoms with van der Waals surface area (Å²) in [5.41, 5.74) is 0.912. The van der Waals surface area contributed by atoms with Crippen LogP contribution in [0.25, 0.3) is 0 Å². The van der Waals surface area contributed by atoms with Crippen LogP contribution in [-0.2, 0) is 16.0 Å². The van der Waals surface area contributed by atoms with Gasteiger partial charge in [-0.3, -0.25) is 4.79 Å². The molecule has 2 rings (SSSR count). The summed E-state index contributed by atoms with van der Waals surface area (Å²) in [6.07, 6.45) is 2.31. The van der Waals surface area contributed by atoms with Gasteiger partial charge in [0.05, 0.1) is 16.7 Å². The zero-order valence-electron chi connectivity index (χ0n) is 9.42. The van der Waals surface area contributed by atoms with Crippen molar-refractivity contribution in [2.45, 2.75) is 19.3 Å². The van der Waals surface area contributed by atoms with Gasteiger partial charge < -0.3 is 4.74 Å². The lowest BCUT2D eigenvalue weighted by Gasteiger charge is -2.20. The number of benzene rings is 1. The van der Waals surface area contributed by atoms with Gasteiger partial charge in [0, 0.05) is 18.9 Å². The predicted molar refractivity (Wildman–Crippen MR) is 68.7 cm³/mol. The molecule has 0 aliphatic carbocycles. The van der Waals surface area contributed by atoms with E-state index in [0.717, 1.165) is 25.0 Å². The molecule has 2 nitrogen and oxygen atoms in total. The van der Waals surface area contributed by atoms with E-state index < -0.39 is 0 Å². The van der Waals surface area contributed by atoms with Gasteiger partial charge >= 0.3 is 0 Å². The van der Waals surface area contributed by atoms with E-state index in [0.29, 0.717) is 23.1 Å². The summed E-state index contributed by atoms with van der Waals surface area (Å²) in [6.45, 7) is 1.33. The average molecular weight is 273 g/mol. The monoisotopic (exact) mass is 272 g/mol. The predicted octanol–water partition coefficient (Wildman–Crippen LogP) is 3.53. The van der Waals surface area contributed by atoms with E-state index in [4.69, 9.17) is 27.9 Å². The molecule has 1 atom stereocenters. The summed E-state index contributed by atoms with van der Waals surface area (Å²) in [6, 6.07) is 5.32. The van der Waals surface area contributed by atoms with Gasteiger partial charge in [0.15, 0.2) is 0 Å². The van der Waals surface area contributed by atoms with Crippen molar-refractivity contribution in [2.75, 3.05) is 13.2 Å². The Labute approximate surface area is 111 Å². The van der Waals surface area contributed by atoms with Crippen molar-refractivity contribution in [3.05, 3.63) is 33.8 Å². The van der Waals surface area contributed by atoms with Crippen molar-refractivity contribution < 1.29 is 9.53 Å². The highest BCUT2D eigenvalue weighted by molar-refractivity contribution is 6.42. The first kappa shape index (κ1) is 12.9. The lowest BCUT2D eigenvalue weighted by molar-refractivity contribution is -0.126. The first-order valence-corrected chi connectivity index (χ1v) is 6.47. The molecule has 0 N–H and O–H groups in total. The molecule has 92 valence electrons. The Morgan fingerprint density at radius 2 is 2.18 bits per heavy atom. The third-order valence-electron chi connectivity index (χ3n) is 2.98. The van der Waals surface area contributed by atoms with Crippen molar-refractivity contribution in [3.8, 4) is 0 Å². The summed E-state index contributed by atoms with van der Waals surface area (Å²) in [5, 5.41) is 1.01. The van der Waals surface area contributed by atoms with Gasteiger partial charge in [-0.15, -0.1) is 0 Å². The molecule has 1 fully saturated rings. The molecule has 0 radical (unpaired) electrons. The van der Waals surface area contributed by atoms with Crippen LogP contribution in [0, 0.1) is 5.92 Å². The van der Waals surface area contributed by atoms with Crippen molar-refractivity contribution in [1.82, 2.24) is 0 Å². The number of halogens is 2. The Balaban J connectivity index is 1.99. The number of ketones is 1. The van der Waals surface area contributed by atoms with Crippen LogP contribution in [0.15, 0.2) is 18.2 Å². The maximum absolute atomic E-state index is 12.0. The molecule has 1 aliphatic rings. The fourth-order valence-electron chi connectivity index (χ4n) is 1.99. The minimum absolute atomic E-state index is 0.0400. The highest BCUT2D eigenvalue weighted by Crippen LogP contribution is 2.24. The van der Waals surface area contributed by atoms with Crippen LogP contribution in [0.2, 0.25) is 10.0 Å². The standard InChI is InChI=1S/C13H14Cl2O2/c14-11-4-3-9(6-12(11)15)7-13(16)10-2-1-5-17-8-10/h3-4,6,10H,1-2,5,7-8H2. The van der Waals surface area contributed by atoms with Gasteiger partial charge in [-0.1, -0.05) is 29.3 Å². The Bertz CT molecular complexity index is 412. The van der Waals surface area contributed by atoms with Crippen LogP contribution in [-0.4, -0.2) is 19.0 Å². The summed E-state index contributed by atoms with van der Waals surface area (Å²) in [5.74, 6) is 0.265. The molecule has 17 heavy (non-hydrogen) atoms. The number of rotatable bonds is 3. The molecule has 1 heterocycles. The molecule has 0 saturated carbocycles. The summed E-state index contributed by atoms with van der Waals surface area (Å²) < 4.78 is 5.32. The van der Waals surface area contributed by atoms with Crippen molar-refractivity contribution in [1.29, 1.82) is 0 Å². The fraction of sp³-hybridized carbons (Fsp3) is 0.462. The van der Waals surface area contributed by atoms with Gasteiger partial charge in [-0.2, -0.15) is 0 Å². The third kappa shape index (κ3) is 3.44. The first-order chi connectivity index (χ1) is 8.16. The van der Waals surface area contributed by atoms with E-state index in [1.165, 1.54) is 0 Å². The minimum atomic E-state index is 0.0400. The second kappa shape index (κ2) is 5.85. The number of ether oxygens (including phenoxy) is 1. The maximum Gasteiger partial charge on any atom is 0.142 e. The molecule has 0 aromatic heterocycles. The Morgan fingerprint density at radius 3 is 2.82 bits per heavy atom. The smallest absolute Gasteiger partial charge is 0.142 e. The summed E-state index contributed by atoms with van der Waals surface area (Å²) in [4.78, 5) is 12.0. The van der Waals surface area contributed by atoms with E-state index in [1.54, 1.807) is 12.1 Å².